The lowest BCUT2D eigenvalue weighted by Crippen LogP contribution is -2.41. The van der Waals surface area contributed by atoms with E-state index in [9.17, 15) is 19.7 Å². The lowest BCUT2D eigenvalue weighted by atomic mass is 9.89. The predicted octanol–water partition coefficient (Wildman–Crippen LogP) is 3.05. The first-order valence-corrected chi connectivity index (χ1v) is 8.89. The van der Waals surface area contributed by atoms with E-state index in [0.29, 0.717) is 5.56 Å². The van der Waals surface area contributed by atoms with Gasteiger partial charge in [0, 0.05) is 11.6 Å². The maximum atomic E-state index is 13.1. The maximum Gasteiger partial charge on any atom is 0.325 e. The highest BCUT2D eigenvalue weighted by molar-refractivity contribution is 6.07. The smallest absolute Gasteiger partial charge is 0.319 e. The van der Waals surface area contributed by atoms with Crippen molar-refractivity contribution in [3.63, 3.8) is 0 Å². The Hall–Kier alpha value is -3.22. The molecule has 27 heavy (non-hydrogen) atoms. The number of nitro benzene ring substituents is 1. The fourth-order valence-corrected chi connectivity index (χ4v) is 3.91. The van der Waals surface area contributed by atoms with Crippen LogP contribution in [0.5, 0.6) is 0 Å². The first kappa shape index (κ1) is 17.2. The fourth-order valence-electron chi connectivity index (χ4n) is 3.91. The van der Waals surface area contributed by atoms with Gasteiger partial charge in [0.2, 0.25) is 0 Å². The average molecular weight is 365 g/mol. The number of para-hydroxylation sites is 1. The zero-order chi connectivity index (χ0) is 19.2. The molecule has 1 unspecified atom stereocenters. The van der Waals surface area contributed by atoms with E-state index in [-0.39, 0.29) is 12.2 Å². The van der Waals surface area contributed by atoms with Crippen molar-refractivity contribution in [1.82, 2.24) is 10.2 Å². The van der Waals surface area contributed by atoms with Crippen LogP contribution in [-0.4, -0.2) is 21.8 Å². The molecule has 1 aliphatic heterocycles. The minimum absolute atomic E-state index is 0.107. The van der Waals surface area contributed by atoms with Crippen molar-refractivity contribution in [2.75, 3.05) is 0 Å². The van der Waals surface area contributed by atoms with E-state index in [4.69, 9.17) is 0 Å². The Morgan fingerprint density at radius 2 is 1.89 bits per heavy atom. The van der Waals surface area contributed by atoms with Crippen LogP contribution in [0.3, 0.4) is 0 Å². The van der Waals surface area contributed by atoms with Crippen LogP contribution in [0, 0.1) is 10.1 Å². The number of carbonyl (C=O) groups is 2. The minimum atomic E-state index is -1.17. The minimum Gasteiger partial charge on any atom is -0.319 e. The molecule has 7 heteroatoms. The van der Waals surface area contributed by atoms with Gasteiger partial charge in [0.25, 0.3) is 11.6 Å². The average Bonchev–Trinajstić information content (AvgIpc) is 3.20. The number of aryl methyl sites for hydroxylation is 2. The Morgan fingerprint density at radius 1 is 1.15 bits per heavy atom. The molecule has 1 heterocycles. The molecule has 7 nitrogen and oxygen atoms in total. The molecule has 1 saturated heterocycles. The SMILES string of the molecule is CC1(c2ccc3c(c2)CCC3)NC(=O)N(Cc2ccccc2[N+](=O)[O-])C1=O. The molecule has 1 N–H and O–H groups in total. The van der Waals surface area contributed by atoms with Crippen molar-refractivity contribution in [3.8, 4) is 0 Å². The second kappa shape index (κ2) is 6.19. The van der Waals surface area contributed by atoms with E-state index >= 15 is 0 Å². The second-order valence-corrected chi connectivity index (χ2v) is 7.17. The Labute approximate surface area is 156 Å². The van der Waals surface area contributed by atoms with Gasteiger partial charge >= 0.3 is 6.03 Å². The molecule has 138 valence electrons. The summed E-state index contributed by atoms with van der Waals surface area (Å²) >= 11 is 0. The predicted molar refractivity (Wildman–Crippen MR) is 98.0 cm³/mol. The highest BCUT2D eigenvalue weighted by Crippen LogP contribution is 2.33. The van der Waals surface area contributed by atoms with Crippen LogP contribution in [0.15, 0.2) is 42.5 Å². The number of rotatable bonds is 4. The normalized spacial score (nSPS) is 21.3. The van der Waals surface area contributed by atoms with Gasteiger partial charge in [-0.3, -0.25) is 19.8 Å². The standard InChI is InChI=1S/C20H19N3O4/c1-20(16-10-9-13-6-4-7-14(13)11-16)18(24)22(19(25)21-20)12-15-5-2-3-8-17(15)23(26)27/h2-3,5,8-11H,4,6-7,12H2,1H3,(H,21,25). The molecule has 2 aromatic carbocycles. The van der Waals surface area contributed by atoms with Gasteiger partial charge in [-0.25, -0.2) is 4.79 Å². The molecule has 0 radical (unpaired) electrons. The Morgan fingerprint density at radius 3 is 2.67 bits per heavy atom. The molecular weight excluding hydrogens is 346 g/mol. The van der Waals surface area contributed by atoms with E-state index in [0.717, 1.165) is 29.7 Å². The van der Waals surface area contributed by atoms with Crippen molar-refractivity contribution in [2.24, 2.45) is 0 Å². The van der Waals surface area contributed by atoms with Gasteiger partial charge in [0.1, 0.15) is 5.54 Å². The summed E-state index contributed by atoms with van der Waals surface area (Å²) in [7, 11) is 0. The summed E-state index contributed by atoms with van der Waals surface area (Å²) in [5, 5.41) is 14.0. The second-order valence-electron chi connectivity index (χ2n) is 7.17. The number of amides is 3. The zero-order valence-electron chi connectivity index (χ0n) is 14.9. The largest absolute Gasteiger partial charge is 0.325 e. The summed E-state index contributed by atoms with van der Waals surface area (Å²) in [4.78, 5) is 37.4. The molecule has 1 atom stereocenters. The van der Waals surface area contributed by atoms with Crippen LogP contribution in [-0.2, 0) is 29.7 Å². The third-order valence-corrected chi connectivity index (χ3v) is 5.47. The van der Waals surface area contributed by atoms with E-state index < -0.39 is 22.4 Å². The van der Waals surface area contributed by atoms with Crippen molar-refractivity contribution >= 4 is 17.6 Å². The summed E-state index contributed by atoms with van der Waals surface area (Å²) < 4.78 is 0. The van der Waals surface area contributed by atoms with Crippen molar-refractivity contribution in [3.05, 3.63) is 74.8 Å². The molecule has 0 bridgehead atoms. The Bertz CT molecular complexity index is 971. The lowest BCUT2D eigenvalue weighted by molar-refractivity contribution is -0.385. The van der Waals surface area contributed by atoms with Crippen molar-refractivity contribution in [1.29, 1.82) is 0 Å². The highest BCUT2D eigenvalue weighted by Gasteiger charge is 2.49. The number of hydrogen-bond donors (Lipinski definition) is 1. The zero-order valence-corrected chi connectivity index (χ0v) is 14.9. The monoisotopic (exact) mass is 365 g/mol. The molecular formula is C20H19N3O4. The van der Waals surface area contributed by atoms with Gasteiger partial charge in [-0.05, 0) is 42.9 Å². The van der Waals surface area contributed by atoms with E-state index in [1.165, 1.54) is 17.2 Å². The van der Waals surface area contributed by atoms with Crippen LogP contribution in [0.1, 0.15) is 35.6 Å². The van der Waals surface area contributed by atoms with Gasteiger partial charge in [0.15, 0.2) is 0 Å². The number of imide groups is 1. The molecule has 3 amide bonds. The molecule has 1 aliphatic carbocycles. The van der Waals surface area contributed by atoms with Crippen LogP contribution in [0.4, 0.5) is 10.5 Å². The maximum absolute atomic E-state index is 13.1. The fraction of sp³-hybridized carbons (Fsp3) is 0.300. The first-order valence-electron chi connectivity index (χ1n) is 8.89. The van der Waals surface area contributed by atoms with Crippen molar-refractivity contribution < 1.29 is 14.5 Å². The molecule has 4 rings (SSSR count). The number of fused-ring (bicyclic) bond motifs is 1. The van der Waals surface area contributed by atoms with E-state index in [2.05, 4.69) is 5.32 Å². The quantitative estimate of drug-likeness (QED) is 0.512. The number of carbonyl (C=O) groups excluding carboxylic acids is 2. The van der Waals surface area contributed by atoms with Gasteiger partial charge in [-0.15, -0.1) is 0 Å². The van der Waals surface area contributed by atoms with Gasteiger partial charge < -0.3 is 5.32 Å². The third-order valence-electron chi connectivity index (χ3n) is 5.47. The summed E-state index contributed by atoms with van der Waals surface area (Å²) in [6, 6.07) is 11.5. The van der Waals surface area contributed by atoms with E-state index in [1.54, 1.807) is 25.1 Å². The van der Waals surface area contributed by atoms with Crippen LogP contribution >= 0.6 is 0 Å². The van der Waals surface area contributed by atoms with Gasteiger partial charge in [-0.1, -0.05) is 36.4 Å². The lowest BCUT2D eigenvalue weighted by Gasteiger charge is -2.23. The van der Waals surface area contributed by atoms with Crippen LogP contribution in [0.25, 0.3) is 0 Å². The third kappa shape index (κ3) is 2.75. The number of nitrogens with one attached hydrogen (secondary N) is 1. The highest BCUT2D eigenvalue weighted by atomic mass is 16.6. The molecule has 2 aromatic rings. The first-order chi connectivity index (χ1) is 12.9. The molecule has 0 spiro atoms. The molecule has 2 aliphatic rings. The van der Waals surface area contributed by atoms with Crippen LogP contribution in [0.2, 0.25) is 0 Å². The van der Waals surface area contributed by atoms with Gasteiger partial charge in [-0.2, -0.15) is 0 Å². The summed E-state index contributed by atoms with van der Waals surface area (Å²) in [5.41, 5.74) is 2.29. The Balaban J connectivity index is 1.65. The summed E-state index contributed by atoms with van der Waals surface area (Å²) in [5.74, 6) is -0.399. The van der Waals surface area contributed by atoms with Crippen molar-refractivity contribution in [2.45, 2.75) is 38.3 Å². The van der Waals surface area contributed by atoms with E-state index in [1.807, 2.05) is 18.2 Å². The Kier molecular flexibility index (Phi) is 3.95. The summed E-state index contributed by atoms with van der Waals surface area (Å²) in [6.07, 6.45) is 3.11. The number of nitro groups is 1. The molecule has 0 saturated carbocycles. The molecule has 0 aromatic heterocycles. The number of benzene rings is 2. The van der Waals surface area contributed by atoms with Gasteiger partial charge in [0.05, 0.1) is 11.5 Å². The van der Waals surface area contributed by atoms with Crippen LogP contribution < -0.4 is 5.32 Å². The number of hydrogen-bond acceptors (Lipinski definition) is 4. The number of nitrogens with zero attached hydrogens (tertiary/aromatic N) is 2. The molecule has 1 fully saturated rings. The number of urea groups is 1. The summed E-state index contributed by atoms with van der Waals surface area (Å²) in [6.45, 7) is 1.55. The topological polar surface area (TPSA) is 92.6 Å².